The molecule has 3 aromatic rings. The number of nitrogens with zero attached hydrogens (tertiary/aromatic N) is 2. The quantitative estimate of drug-likeness (QED) is 0.712. The number of hydrogen-bond donors (Lipinski definition) is 1. The minimum atomic E-state index is 0.757. The fourth-order valence-corrected chi connectivity index (χ4v) is 2.38. The highest BCUT2D eigenvalue weighted by Crippen LogP contribution is 2.17. The molecular formula is C14H13N3S. The molecule has 0 saturated carbocycles. The molecule has 0 radical (unpaired) electrons. The van der Waals surface area contributed by atoms with Crippen LogP contribution in [0.4, 0.5) is 0 Å². The smallest absolute Gasteiger partial charge is 0.178 e. The average Bonchev–Trinajstić information content (AvgIpc) is 2.66. The maximum Gasteiger partial charge on any atom is 0.178 e. The van der Waals surface area contributed by atoms with Gasteiger partial charge in [0.05, 0.1) is 17.6 Å². The van der Waals surface area contributed by atoms with Gasteiger partial charge in [0.1, 0.15) is 0 Å². The Hall–Kier alpha value is -1.94. The number of aromatic nitrogens is 3. The van der Waals surface area contributed by atoms with E-state index < -0.39 is 0 Å². The van der Waals surface area contributed by atoms with Crippen molar-refractivity contribution in [3.63, 3.8) is 0 Å². The summed E-state index contributed by atoms with van der Waals surface area (Å²) in [5.74, 6) is 0. The second-order valence-electron chi connectivity index (χ2n) is 4.39. The third-order valence-corrected chi connectivity index (χ3v) is 3.34. The zero-order chi connectivity index (χ0) is 12.5. The van der Waals surface area contributed by atoms with E-state index in [0.29, 0.717) is 0 Å². The molecule has 2 heterocycles. The largest absolute Gasteiger partial charge is 0.331 e. The van der Waals surface area contributed by atoms with Gasteiger partial charge in [0.15, 0.2) is 4.77 Å². The molecule has 0 atom stereocenters. The van der Waals surface area contributed by atoms with E-state index in [1.165, 1.54) is 11.1 Å². The Morgan fingerprint density at radius 3 is 2.78 bits per heavy atom. The van der Waals surface area contributed by atoms with E-state index in [0.717, 1.165) is 22.3 Å². The highest BCUT2D eigenvalue weighted by atomic mass is 32.1. The number of aryl methyl sites for hydroxylation is 1. The number of rotatable bonds is 2. The van der Waals surface area contributed by atoms with Crippen LogP contribution in [0.5, 0.6) is 0 Å². The average molecular weight is 255 g/mol. The standard InChI is InChI=1S/C14H13N3S/c1-10-2-3-13-12(8-10)16-14(18)17(13)9-11-4-6-15-7-5-11/h2-8H,9H2,1H3,(H,16,18). The SMILES string of the molecule is Cc1ccc2c(c1)[nH]c(=S)n2Cc1ccncc1. The third kappa shape index (κ3) is 1.95. The Bertz CT molecular complexity index is 741. The van der Waals surface area contributed by atoms with Crippen LogP contribution in [0.2, 0.25) is 0 Å². The number of fused-ring (bicyclic) bond motifs is 1. The van der Waals surface area contributed by atoms with E-state index in [1.807, 2.05) is 12.1 Å². The number of hydrogen-bond acceptors (Lipinski definition) is 2. The van der Waals surface area contributed by atoms with Crippen molar-refractivity contribution < 1.29 is 0 Å². The van der Waals surface area contributed by atoms with Crippen LogP contribution < -0.4 is 0 Å². The lowest BCUT2D eigenvalue weighted by atomic mass is 10.2. The molecule has 0 fully saturated rings. The summed E-state index contributed by atoms with van der Waals surface area (Å²) < 4.78 is 2.87. The van der Waals surface area contributed by atoms with Crippen molar-refractivity contribution in [2.75, 3.05) is 0 Å². The molecule has 0 spiro atoms. The second kappa shape index (κ2) is 4.38. The summed E-state index contributed by atoms with van der Waals surface area (Å²) in [6.45, 7) is 2.85. The van der Waals surface area contributed by atoms with Crippen LogP contribution in [-0.4, -0.2) is 14.5 Å². The van der Waals surface area contributed by atoms with Crippen LogP contribution in [0.1, 0.15) is 11.1 Å². The third-order valence-electron chi connectivity index (χ3n) is 3.02. The van der Waals surface area contributed by atoms with Crippen LogP contribution in [0.15, 0.2) is 42.7 Å². The molecule has 18 heavy (non-hydrogen) atoms. The molecule has 0 amide bonds. The summed E-state index contributed by atoms with van der Waals surface area (Å²) in [5, 5.41) is 0. The van der Waals surface area contributed by atoms with Gasteiger partial charge in [-0.2, -0.15) is 0 Å². The van der Waals surface area contributed by atoms with Crippen LogP contribution >= 0.6 is 12.2 Å². The molecule has 90 valence electrons. The van der Waals surface area contributed by atoms with Gasteiger partial charge in [-0.15, -0.1) is 0 Å². The summed E-state index contributed by atoms with van der Waals surface area (Å²) >= 11 is 5.39. The predicted molar refractivity (Wildman–Crippen MR) is 75.2 cm³/mol. The van der Waals surface area contributed by atoms with Gasteiger partial charge in [-0.25, -0.2) is 0 Å². The van der Waals surface area contributed by atoms with E-state index in [9.17, 15) is 0 Å². The normalized spacial score (nSPS) is 10.9. The number of imidazole rings is 1. The molecule has 2 aromatic heterocycles. The van der Waals surface area contributed by atoms with Crippen LogP contribution in [0.25, 0.3) is 11.0 Å². The van der Waals surface area contributed by atoms with Crippen molar-refractivity contribution in [2.24, 2.45) is 0 Å². The first-order valence-electron chi connectivity index (χ1n) is 5.82. The first-order chi connectivity index (χ1) is 8.74. The van der Waals surface area contributed by atoms with Crippen molar-refractivity contribution in [3.05, 3.63) is 58.6 Å². The summed E-state index contributed by atoms with van der Waals surface area (Å²) in [7, 11) is 0. The zero-order valence-corrected chi connectivity index (χ0v) is 10.9. The van der Waals surface area contributed by atoms with Crippen molar-refractivity contribution in [2.45, 2.75) is 13.5 Å². The Morgan fingerprint density at radius 1 is 1.22 bits per heavy atom. The molecule has 4 heteroatoms. The highest BCUT2D eigenvalue weighted by molar-refractivity contribution is 7.71. The molecule has 0 aliphatic heterocycles. The van der Waals surface area contributed by atoms with Gasteiger partial charge in [-0.05, 0) is 54.5 Å². The van der Waals surface area contributed by atoms with Gasteiger partial charge in [-0.1, -0.05) is 6.07 Å². The number of pyridine rings is 1. The molecule has 0 aliphatic carbocycles. The lowest BCUT2D eigenvalue weighted by molar-refractivity contribution is 0.809. The number of benzene rings is 1. The Balaban J connectivity index is 2.12. The first kappa shape index (κ1) is 11.2. The van der Waals surface area contributed by atoms with Crippen molar-refractivity contribution >= 4 is 23.3 Å². The molecule has 0 unspecified atom stereocenters. The molecule has 3 rings (SSSR count). The summed E-state index contributed by atoms with van der Waals surface area (Å²) in [6, 6.07) is 10.4. The molecule has 1 aromatic carbocycles. The second-order valence-corrected chi connectivity index (χ2v) is 4.78. The lowest BCUT2D eigenvalue weighted by Gasteiger charge is -2.04. The van der Waals surface area contributed by atoms with E-state index >= 15 is 0 Å². The molecule has 0 saturated heterocycles. The Kier molecular flexibility index (Phi) is 2.72. The van der Waals surface area contributed by atoms with E-state index in [4.69, 9.17) is 12.2 Å². The van der Waals surface area contributed by atoms with Crippen LogP contribution in [0, 0.1) is 11.7 Å². The van der Waals surface area contributed by atoms with Gasteiger partial charge in [0.25, 0.3) is 0 Å². The van der Waals surface area contributed by atoms with Gasteiger partial charge >= 0.3 is 0 Å². The summed E-state index contributed by atoms with van der Waals surface area (Å²) in [6.07, 6.45) is 3.61. The number of H-pyrrole nitrogens is 1. The minimum absolute atomic E-state index is 0.757. The fourth-order valence-electron chi connectivity index (χ4n) is 2.11. The number of aromatic amines is 1. The van der Waals surface area contributed by atoms with Gasteiger partial charge in [0, 0.05) is 12.4 Å². The maximum atomic E-state index is 5.39. The van der Waals surface area contributed by atoms with E-state index in [1.54, 1.807) is 12.4 Å². The fraction of sp³-hybridized carbons (Fsp3) is 0.143. The molecule has 0 bridgehead atoms. The molecule has 3 nitrogen and oxygen atoms in total. The topological polar surface area (TPSA) is 33.6 Å². The van der Waals surface area contributed by atoms with E-state index in [2.05, 4.69) is 39.7 Å². The molecule has 0 aliphatic rings. The highest BCUT2D eigenvalue weighted by Gasteiger charge is 2.04. The summed E-state index contributed by atoms with van der Waals surface area (Å²) in [5.41, 5.74) is 4.66. The Morgan fingerprint density at radius 2 is 2.00 bits per heavy atom. The monoisotopic (exact) mass is 255 g/mol. The van der Waals surface area contributed by atoms with Crippen molar-refractivity contribution in [1.29, 1.82) is 0 Å². The predicted octanol–water partition coefficient (Wildman–Crippen LogP) is 3.45. The van der Waals surface area contributed by atoms with Crippen LogP contribution in [0.3, 0.4) is 0 Å². The first-order valence-corrected chi connectivity index (χ1v) is 6.23. The number of nitrogens with one attached hydrogen (secondary N) is 1. The summed E-state index contributed by atoms with van der Waals surface area (Å²) in [4.78, 5) is 7.28. The minimum Gasteiger partial charge on any atom is -0.331 e. The van der Waals surface area contributed by atoms with Gasteiger partial charge < -0.3 is 9.55 Å². The van der Waals surface area contributed by atoms with Gasteiger partial charge in [-0.3, -0.25) is 4.98 Å². The van der Waals surface area contributed by atoms with Crippen molar-refractivity contribution in [1.82, 2.24) is 14.5 Å². The maximum absolute atomic E-state index is 5.39. The molecule has 1 N–H and O–H groups in total. The zero-order valence-electron chi connectivity index (χ0n) is 10.1. The Labute approximate surface area is 110 Å². The van der Waals surface area contributed by atoms with Crippen LogP contribution in [-0.2, 0) is 6.54 Å². The van der Waals surface area contributed by atoms with Crippen molar-refractivity contribution in [3.8, 4) is 0 Å². The van der Waals surface area contributed by atoms with E-state index in [-0.39, 0.29) is 0 Å². The lowest BCUT2D eigenvalue weighted by Crippen LogP contribution is -1.99. The van der Waals surface area contributed by atoms with Gasteiger partial charge in [0.2, 0.25) is 0 Å². The molecular weight excluding hydrogens is 242 g/mol.